The van der Waals surface area contributed by atoms with E-state index in [2.05, 4.69) is 25.9 Å². The van der Waals surface area contributed by atoms with Crippen molar-refractivity contribution in [2.24, 2.45) is 11.7 Å². The van der Waals surface area contributed by atoms with Gasteiger partial charge in [0.25, 0.3) is 5.88 Å². The predicted molar refractivity (Wildman–Crippen MR) is 111 cm³/mol. The maximum absolute atomic E-state index is 13.9. The van der Waals surface area contributed by atoms with Crippen molar-refractivity contribution < 1.29 is 23.3 Å². The third-order valence-electron chi connectivity index (χ3n) is 6.49. The minimum Gasteiger partial charge on any atom is -0.475 e. The van der Waals surface area contributed by atoms with Crippen molar-refractivity contribution in [3.8, 4) is 5.88 Å². The number of carbonyl (C=O) groups is 2. The van der Waals surface area contributed by atoms with Crippen LogP contribution in [0.25, 0.3) is 0 Å². The van der Waals surface area contributed by atoms with E-state index < -0.39 is 31.7 Å². The second kappa shape index (κ2) is 7.48. The number of ether oxygens (including phenoxy) is 1. The van der Waals surface area contributed by atoms with Crippen LogP contribution >= 0.6 is 0 Å². The number of nitrogens with two attached hydrogens (primary N) is 1. The van der Waals surface area contributed by atoms with Crippen LogP contribution < -0.4 is 10.5 Å². The summed E-state index contributed by atoms with van der Waals surface area (Å²) in [5, 5.41) is 3.77. The Kier molecular flexibility index (Phi) is 5.66. The Balaban J connectivity index is 2.12. The number of unbranched alkanes of at least 4 members (excludes halogenated alkanes) is 1. The van der Waals surface area contributed by atoms with Crippen molar-refractivity contribution in [1.82, 2.24) is 5.16 Å². The van der Waals surface area contributed by atoms with Gasteiger partial charge in [-0.15, -0.1) is 0 Å². The van der Waals surface area contributed by atoms with Gasteiger partial charge >= 0.3 is 0 Å². The third-order valence-corrected chi connectivity index (χ3v) is 10.9. The van der Waals surface area contributed by atoms with Crippen molar-refractivity contribution >= 4 is 19.9 Å². The molecule has 0 spiro atoms. The second-order valence-electron chi connectivity index (χ2n) is 9.49. The molecule has 0 saturated heterocycles. The minimum absolute atomic E-state index is 0.105. The molecule has 3 atom stereocenters. The summed E-state index contributed by atoms with van der Waals surface area (Å²) < 4.78 is 17.8. The molecule has 8 heteroatoms. The lowest BCUT2D eigenvalue weighted by Gasteiger charge is -2.50. The summed E-state index contributed by atoms with van der Waals surface area (Å²) in [7, 11) is -2.50. The zero-order chi connectivity index (χ0) is 21.6. The molecule has 1 aromatic heterocycles. The lowest BCUT2D eigenvalue weighted by Crippen LogP contribution is -2.65. The number of Topliss-reactive ketones (excluding diaryl/α,β-unsaturated/α-hetero) is 1. The van der Waals surface area contributed by atoms with E-state index in [9.17, 15) is 9.59 Å². The molecule has 2 aliphatic carbocycles. The molecule has 1 heterocycles. The van der Waals surface area contributed by atoms with Gasteiger partial charge in [-0.05, 0) is 42.2 Å². The first-order valence-corrected chi connectivity index (χ1v) is 13.2. The van der Waals surface area contributed by atoms with Gasteiger partial charge in [0.05, 0.1) is 12.6 Å². The smallest absolute Gasteiger partial charge is 0.265 e. The zero-order valence-corrected chi connectivity index (χ0v) is 19.2. The van der Waals surface area contributed by atoms with Crippen molar-refractivity contribution in [3.05, 3.63) is 23.5 Å². The number of ketones is 2. The first-order chi connectivity index (χ1) is 13.5. The molecule has 2 aliphatic rings. The van der Waals surface area contributed by atoms with Gasteiger partial charge < -0.3 is 19.4 Å². The fourth-order valence-electron chi connectivity index (χ4n) is 3.71. The average Bonchev–Trinajstić information content (AvgIpc) is 3.04. The minimum atomic E-state index is -2.50. The SMILES string of the molecule is CCCCOc1noc2c1C(=O)[C@@]1(O[Si](C)(C)C(C)(C)C)C(=O)C=CC[C@H]1[C@@H]2N. The van der Waals surface area contributed by atoms with E-state index in [0.717, 1.165) is 12.8 Å². The van der Waals surface area contributed by atoms with Crippen LogP contribution in [0.2, 0.25) is 18.1 Å². The van der Waals surface area contributed by atoms with Gasteiger partial charge in [0, 0.05) is 5.92 Å². The van der Waals surface area contributed by atoms with Crippen LogP contribution in [0.4, 0.5) is 0 Å². The van der Waals surface area contributed by atoms with E-state index >= 15 is 0 Å². The lowest BCUT2D eigenvalue weighted by atomic mass is 9.66. The summed E-state index contributed by atoms with van der Waals surface area (Å²) in [5.41, 5.74) is 5.02. The van der Waals surface area contributed by atoms with E-state index in [1.54, 1.807) is 6.08 Å². The quantitative estimate of drug-likeness (QED) is 0.422. The monoisotopic (exact) mass is 420 g/mol. The molecule has 0 amide bonds. The van der Waals surface area contributed by atoms with Crippen molar-refractivity contribution in [3.63, 3.8) is 0 Å². The third kappa shape index (κ3) is 3.41. The summed E-state index contributed by atoms with van der Waals surface area (Å²) >= 11 is 0. The van der Waals surface area contributed by atoms with E-state index in [1.807, 2.05) is 20.0 Å². The second-order valence-corrected chi connectivity index (χ2v) is 14.2. The normalized spacial score (nSPS) is 27.0. The topological polar surface area (TPSA) is 105 Å². The molecule has 0 saturated carbocycles. The standard InChI is InChI=1S/C21H32N2O5Si/c1-7-8-12-26-19-15-17(27-23-19)16(22)13-10-9-11-14(24)21(13,18(15)25)28-29(5,6)20(2,3)4/h9,11,13,16H,7-8,10,12,22H2,1-6H3/t13-,16-,21-/m0/s1. The highest BCUT2D eigenvalue weighted by Gasteiger charge is 2.64. The Bertz CT molecular complexity index is 839. The summed E-state index contributed by atoms with van der Waals surface area (Å²) in [6.45, 7) is 12.7. The highest BCUT2D eigenvalue weighted by molar-refractivity contribution is 6.74. The molecule has 0 fully saturated rings. The van der Waals surface area contributed by atoms with Crippen LogP contribution in [0.15, 0.2) is 16.7 Å². The molecule has 7 nitrogen and oxygen atoms in total. The highest BCUT2D eigenvalue weighted by Crippen LogP contribution is 2.51. The van der Waals surface area contributed by atoms with Crippen LogP contribution in [0.3, 0.4) is 0 Å². The Morgan fingerprint density at radius 2 is 2.03 bits per heavy atom. The molecule has 29 heavy (non-hydrogen) atoms. The Morgan fingerprint density at radius 1 is 1.34 bits per heavy atom. The summed E-state index contributed by atoms with van der Waals surface area (Å²) in [6.07, 6.45) is 5.42. The van der Waals surface area contributed by atoms with E-state index in [4.69, 9.17) is 19.4 Å². The number of allylic oxidation sites excluding steroid dienone is 1. The first kappa shape index (κ1) is 21.9. The Hall–Kier alpha value is -1.77. The summed E-state index contributed by atoms with van der Waals surface area (Å²) in [6, 6.07) is -0.683. The van der Waals surface area contributed by atoms with Crippen molar-refractivity contribution in [2.45, 2.75) is 76.7 Å². The first-order valence-electron chi connectivity index (χ1n) is 10.3. The van der Waals surface area contributed by atoms with Gasteiger partial charge in [-0.25, -0.2) is 0 Å². The average molecular weight is 421 g/mol. The van der Waals surface area contributed by atoms with Crippen LogP contribution in [-0.4, -0.2) is 37.2 Å². The molecule has 3 rings (SSSR count). The number of rotatable bonds is 6. The molecular weight excluding hydrogens is 388 g/mol. The molecule has 0 unspecified atom stereocenters. The molecular formula is C21H32N2O5Si. The maximum atomic E-state index is 13.9. The lowest BCUT2D eigenvalue weighted by molar-refractivity contribution is -0.133. The largest absolute Gasteiger partial charge is 0.475 e. The fraction of sp³-hybridized carbons (Fsp3) is 0.667. The van der Waals surface area contributed by atoms with Gasteiger partial charge in [0.15, 0.2) is 25.5 Å². The van der Waals surface area contributed by atoms with Crippen molar-refractivity contribution in [2.75, 3.05) is 6.61 Å². The molecule has 1 aromatic rings. The Morgan fingerprint density at radius 3 is 2.66 bits per heavy atom. The molecule has 0 radical (unpaired) electrons. The molecule has 0 bridgehead atoms. The number of hydrogen-bond acceptors (Lipinski definition) is 7. The van der Waals surface area contributed by atoms with Gasteiger partial charge in [-0.1, -0.05) is 40.2 Å². The van der Waals surface area contributed by atoms with Crippen molar-refractivity contribution in [1.29, 1.82) is 0 Å². The predicted octanol–water partition coefficient (Wildman–Crippen LogP) is 3.96. The van der Waals surface area contributed by atoms with E-state index in [-0.39, 0.29) is 28.0 Å². The molecule has 0 aromatic carbocycles. The van der Waals surface area contributed by atoms with Crippen LogP contribution in [0, 0.1) is 5.92 Å². The Labute approximate surface area is 173 Å². The molecule has 2 N–H and O–H groups in total. The zero-order valence-electron chi connectivity index (χ0n) is 18.2. The van der Waals surface area contributed by atoms with Gasteiger partial charge in [-0.3, -0.25) is 9.59 Å². The highest BCUT2D eigenvalue weighted by atomic mass is 28.4. The number of fused-ring (bicyclic) bond motifs is 2. The molecule has 160 valence electrons. The number of hydrogen-bond donors (Lipinski definition) is 1. The van der Waals surface area contributed by atoms with Gasteiger partial charge in [-0.2, -0.15) is 0 Å². The van der Waals surface area contributed by atoms with E-state index in [1.165, 1.54) is 6.08 Å². The van der Waals surface area contributed by atoms with Crippen LogP contribution in [-0.2, 0) is 9.22 Å². The maximum Gasteiger partial charge on any atom is 0.265 e. The van der Waals surface area contributed by atoms with Gasteiger partial charge in [0.2, 0.25) is 5.78 Å². The van der Waals surface area contributed by atoms with E-state index in [0.29, 0.717) is 13.0 Å². The number of aromatic nitrogens is 1. The van der Waals surface area contributed by atoms with Gasteiger partial charge in [0.1, 0.15) is 5.56 Å². The summed E-state index contributed by atoms with van der Waals surface area (Å²) in [4.78, 5) is 27.1. The summed E-state index contributed by atoms with van der Waals surface area (Å²) in [5.74, 6) is -0.945. The number of carbonyl (C=O) groups excluding carboxylic acids is 2. The molecule has 0 aliphatic heterocycles. The van der Waals surface area contributed by atoms with Crippen LogP contribution in [0.1, 0.15) is 69.1 Å². The van der Waals surface area contributed by atoms with Crippen LogP contribution in [0.5, 0.6) is 5.88 Å². The fourth-order valence-corrected chi connectivity index (χ4v) is 5.16. The number of nitrogens with zero attached hydrogens (tertiary/aromatic N) is 1.